The predicted octanol–water partition coefficient (Wildman–Crippen LogP) is 4.66. The van der Waals surface area contributed by atoms with E-state index < -0.39 is 39.7 Å². The quantitative estimate of drug-likeness (QED) is 0.473. The largest absolute Gasteiger partial charge is 0.450 e. The van der Waals surface area contributed by atoms with E-state index >= 15 is 0 Å². The summed E-state index contributed by atoms with van der Waals surface area (Å²) in [6.07, 6.45) is -6.49. The van der Waals surface area contributed by atoms with Crippen molar-refractivity contribution in [3.05, 3.63) is 63.4 Å². The van der Waals surface area contributed by atoms with Gasteiger partial charge in [-0.1, -0.05) is 29.8 Å². The Morgan fingerprint density at radius 2 is 1.88 bits per heavy atom. The summed E-state index contributed by atoms with van der Waals surface area (Å²) in [5.41, 5.74) is -1.88. The molecule has 0 amide bonds. The second kappa shape index (κ2) is 6.30. The first kappa shape index (κ1) is 17.7. The van der Waals surface area contributed by atoms with Gasteiger partial charge in [0.15, 0.2) is 5.52 Å². The zero-order valence-electron chi connectivity index (χ0n) is 12.5. The van der Waals surface area contributed by atoms with Crippen LogP contribution in [0.2, 0.25) is 5.02 Å². The number of non-ortho nitro benzene ring substituents is 1. The van der Waals surface area contributed by atoms with E-state index in [1.807, 2.05) is 0 Å². The minimum Gasteiger partial charge on any atom is -0.410 e. The molecule has 0 atom stereocenters. The van der Waals surface area contributed by atoms with E-state index in [1.165, 1.54) is 24.3 Å². The lowest BCUT2D eigenvalue weighted by Crippen LogP contribution is -2.24. The Balaban J connectivity index is 2.25. The normalized spacial score (nSPS) is 11.5. The molecule has 0 bridgehead atoms. The highest BCUT2D eigenvalue weighted by Crippen LogP contribution is 2.36. The molecule has 2 aromatic carbocycles. The maximum atomic E-state index is 13.3. The van der Waals surface area contributed by atoms with Crippen LogP contribution in [0.3, 0.4) is 0 Å². The Kier molecular flexibility index (Phi) is 4.28. The minimum absolute atomic E-state index is 0.0102. The van der Waals surface area contributed by atoms with Crippen molar-refractivity contribution >= 4 is 34.4 Å². The maximum Gasteiger partial charge on any atom is 0.450 e. The lowest BCUT2D eigenvalue weighted by atomic mass is 10.2. The van der Waals surface area contributed by atoms with Crippen molar-refractivity contribution in [1.82, 2.24) is 9.55 Å². The number of aromatic nitrogens is 2. The predicted molar refractivity (Wildman–Crippen MR) is 84.3 cm³/mol. The number of nitro groups is 1. The first-order valence-electron chi connectivity index (χ1n) is 6.89. The van der Waals surface area contributed by atoms with Crippen LogP contribution in [-0.2, 0) is 6.18 Å². The van der Waals surface area contributed by atoms with Crippen molar-refractivity contribution in [3.63, 3.8) is 0 Å². The van der Waals surface area contributed by atoms with Crippen molar-refractivity contribution in [1.29, 1.82) is 0 Å². The van der Waals surface area contributed by atoms with Gasteiger partial charge in [-0.3, -0.25) is 10.1 Å². The summed E-state index contributed by atoms with van der Waals surface area (Å²) in [7, 11) is 0. The topological polar surface area (TPSA) is 87.3 Å². The summed E-state index contributed by atoms with van der Waals surface area (Å²) in [6, 6.07) is 9.19. The Bertz CT molecular complexity index is 1020. The van der Waals surface area contributed by atoms with Gasteiger partial charge in [-0.25, -0.2) is 14.3 Å². The van der Waals surface area contributed by atoms with E-state index in [4.69, 9.17) is 16.3 Å². The number of fused-ring (bicyclic) bond motifs is 1. The van der Waals surface area contributed by atoms with E-state index in [9.17, 15) is 28.1 Å². The third kappa shape index (κ3) is 3.18. The monoisotopic (exact) mass is 385 g/mol. The lowest BCUT2D eigenvalue weighted by Gasteiger charge is -2.10. The Morgan fingerprint density at radius 1 is 1.23 bits per heavy atom. The maximum absolute atomic E-state index is 13.3. The molecule has 11 heteroatoms. The molecule has 3 aromatic rings. The van der Waals surface area contributed by atoms with Crippen LogP contribution in [0.25, 0.3) is 11.0 Å². The number of nitrogens with zero attached hydrogens (tertiary/aromatic N) is 3. The molecule has 134 valence electrons. The van der Waals surface area contributed by atoms with Crippen LogP contribution < -0.4 is 4.74 Å². The van der Waals surface area contributed by atoms with Gasteiger partial charge in [-0.15, -0.1) is 0 Å². The number of benzene rings is 2. The van der Waals surface area contributed by atoms with Gasteiger partial charge in [0.25, 0.3) is 5.69 Å². The molecule has 7 nitrogen and oxygen atoms in total. The van der Waals surface area contributed by atoms with E-state index in [2.05, 4.69) is 4.98 Å². The molecule has 0 fully saturated rings. The van der Waals surface area contributed by atoms with Gasteiger partial charge >= 0.3 is 12.3 Å². The van der Waals surface area contributed by atoms with Crippen LogP contribution in [0.4, 0.5) is 23.7 Å². The molecule has 3 rings (SSSR count). The minimum atomic E-state index is -5.06. The molecule has 0 aliphatic rings. The van der Waals surface area contributed by atoms with Crippen LogP contribution in [0.5, 0.6) is 5.75 Å². The average Bonchev–Trinajstić information content (AvgIpc) is 2.94. The van der Waals surface area contributed by atoms with Crippen molar-refractivity contribution in [2.45, 2.75) is 6.18 Å². The molecule has 0 unspecified atom stereocenters. The number of imidazole rings is 1. The van der Waals surface area contributed by atoms with Gasteiger partial charge in [0.05, 0.1) is 10.4 Å². The zero-order chi connectivity index (χ0) is 19.1. The van der Waals surface area contributed by atoms with Crippen LogP contribution in [0.1, 0.15) is 5.82 Å². The number of halogens is 4. The number of nitro benzene ring substituents is 1. The number of alkyl halides is 3. The lowest BCUT2D eigenvalue weighted by molar-refractivity contribution is -0.383. The fourth-order valence-electron chi connectivity index (χ4n) is 2.27. The Labute approximate surface area is 147 Å². The van der Waals surface area contributed by atoms with Crippen molar-refractivity contribution in [2.75, 3.05) is 0 Å². The third-order valence-corrected chi connectivity index (χ3v) is 3.50. The van der Waals surface area contributed by atoms with Gasteiger partial charge in [-0.05, 0) is 18.2 Å². The first-order valence-corrected chi connectivity index (χ1v) is 7.27. The second-order valence-electron chi connectivity index (χ2n) is 5.00. The van der Waals surface area contributed by atoms with Crippen LogP contribution in [0.15, 0.2) is 42.5 Å². The van der Waals surface area contributed by atoms with Crippen LogP contribution >= 0.6 is 11.6 Å². The van der Waals surface area contributed by atoms with Crippen LogP contribution in [-0.4, -0.2) is 20.6 Å². The SMILES string of the molecule is O=C(Oc1ccccc1)n1c(C(F)(F)F)nc2c([N+](=O)[O-])cc(Cl)cc21. The number of carbonyl (C=O) groups is 1. The molecule has 0 saturated heterocycles. The fourth-order valence-corrected chi connectivity index (χ4v) is 2.48. The molecule has 0 spiro atoms. The highest BCUT2D eigenvalue weighted by molar-refractivity contribution is 6.31. The highest BCUT2D eigenvalue weighted by Gasteiger charge is 2.41. The number of para-hydroxylation sites is 1. The molecule has 0 N–H and O–H groups in total. The van der Waals surface area contributed by atoms with E-state index in [0.717, 1.165) is 12.1 Å². The summed E-state index contributed by atoms with van der Waals surface area (Å²) in [6.45, 7) is 0. The molecule has 0 saturated carbocycles. The average molecular weight is 386 g/mol. The van der Waals surface area contributed by atoms with Crippen molar-refractivity contribution < 1.29 is 27.6 Å². The number of rotatable bonds is 2. The molecule has 1 aromatic heterocycles. The Morgan fingerprint density at radius 3 is 2.46 bits per heavy atom. The number of hydrogen-bond donors (Lipinski definition) is 0. The van der Waals surface area contributed by atoms with Gasteiger partial charge in [0.2, 0.25) is 5.82 Å². The van der Waals surface area contributed by atoms with E-state index in [-0.39, 0.29) is 15.3 Å². The molecular weight excluding hydrogens is 379 g/mol. The first-order chi connectivity index (χ1) is 12.2. The van der Waals surface area contributed by atoms with Gasteiger partial charge in [0, 0.05) is 11.1 Å². The third-order valence-electron chi connectivity index (χ3n) is 3.29. The summed E-state index contributed by atoms with van der Waals surface area (Å²) in [4.78, 5) is 25.7. The Hall–Kier alpha value is -3.14. The van der Waals surface area contributed by atoms with E-state index in [0.29, 0.717) is 0 Å². The number of ether oxygens (including phenoxy) is 1. The van der Waals surface area contributed by atoms with Crippen LogP contribution in [0, 0.1) is 10.1 Å². The van der Waals surface area contributed by atoms with Gasteiger partial charge in [0.1, 0.15) is 5.75 Å². The summed E-state index contributed by atoms with van der Waals surface area (Å²) < 4.78 is 45.0. The standard InChI is InChI=1S/C15H7ClF3N3O4/c16-8-6-10-12(11(7-8)22(24)25)20-13(15(17,18)19)21(10)14(23)26-9-4-2-1-3-5-9/h1-7H. The van der Waals surface area contributed by atoms with Gasteiger partial charge in [-0.2, -0.15) is 13.2 Å². The fraction of sp³-hybridized carbons (Fsp3) is 0.0667. The summed E-state index contributed by atoms with van der Waals surface area (Å²) in [5, 5.41) is 10.9. The van der Waals surface area contributed by atoms with Crippen molar-refractivity contribution in [2.24, 2.45) is 0 Å². The van der Waals surface area contributed by atoms with Crippen molar-refractivity contribution in [3.8, 4) is 5.75 Å². The summed E-state index contributed by atoms with van der Waals surface area (Å²) >= 11 is 5.75. The molecule has 1 heterocycles. The highest BCUT2D eigenvalue weighted by atomic mass is 35.5. The second-order valence-corrected chi connectivity index (χ2v) is 5.44. The number of carbonyl (C=O) groups excluding carboxylic acids is 1. The number of hydrogen-bond acceptors (Lipinski definition) is 5. The molecular formula is C15H7ClF3N3O4. The molecule has 0 aliphatic heterocycles. The van der Waals surface area contributed by atoms with E-state index in [1.54, 1.807) is 6.07 Å². The van der Waals surface area contributed by atoms with Gasteiger partial charge < -0.3 is 4.74 Å². The molecule has 0 radical (unpaired) electrons. The zero-order valence-corrected chi connectivity index (χ0v) is 13.3. The molecule has 26 heavy (non-hydrogen) atoms. The molecule has 0 aliphatic carbocycles. The smallest absolute Gasteiger partial charge is 0.410 e. The summed E-state index contributed by atoms with van der Waals surface area (Å²) in [5.74, 6) is -1.66.